The Balaban J connectivity index is 1.28. The van der Waals surface area contributed by atoms with Gasteiger partial charge in [-0.15, -0.1) is 0 Å². The number of hydrogen-bond donors (Lipinski definition) is 3. The van der Waals surface area contributed by atoms with E-state index in [2.05, 4.69) is 77.9 Å². The first kappa shape index (κ1) is 19.3. The minimum atomic E-state index is 0.680. The second-order valence-electron chi connectivity index (χ2n) is 7.96. The van der Waals surface area contributed by atoms with Gasteiger partial charge in [0.2, 0.25) is 0 Å². The van der Waals surface area contributed by atoms with Gasteiger partial charge in [0.25, 0.3) is 0 Å². The summed E-state index contributed by atoms with van der Waals surface area (Å²) in [5.41, 5.74) is 7.85. The topological polar surface area (TPSA) is 95.2 Å². The first-order valence-electron chi connectivity index (χ1n) is 10.8. The third-order valence-corrected chi connectivity index (χ3v) is 5.67. The van der Waals surface area contributed by atoms with Crippen molar-refractivity contribution in [2.45, 2.75) is 13.1 Å². The van der Waals surface area contributed by atoms with E-state index >= 15 is 0 Å². The van der Waals surface area contributed by atoms with Crippen LogP contribution in [0.3, 0.4) is 0 Å². The van der Waals surface area contributed by atoms with Crippen LogP contribution < -0.4 is 5.32 Å². The van der Waals surface area contributed by atoms with Gasteiger partial charge in [-0.2, -0.15) is 5.10 Å². The van der Waals surface area contributed by atoms with Gasteiger partial charge >= 0.3 is 0 Å². The molecule has 0 amide bonds. The van der Waals surface area contributed by atoms with Crippen LogP contribution in [0.25, 0.3) is 44.7 Å². The summed E-state index contributed by atoms with van der Waals surface area (Å²) in [6.45, 7) is 1.57. The second kappa shape index (κ2) is 8.29. The van der Waals surface area contributed by atoms with E-state index in [0.29, 0.717) is 11.5 Å². The maximum absolute atomic E-state index is 4.61. The Kier molecular flexibility index (Phi) is 4.86. The quantitative estimate of drug-likeness (QED) is 0.350. The zero-order valence-electron chi connectivity index (χ0n) is 17.8. The first-order valence-corrected chi connectivity index (χ1v) is 10.8. The summed E-state index contributed by atoms with van der Waals surface area (Å²) in [5, 5.41) is 12.1. The van der Waals surface area contributed by atoms with E-state index in [9.17, 15) is 0 Å². The van der Waals surface area contributed by atoms with Crippen LogP contribution in [-0.4, -0.2) is 30.1 Å². The molecule has 4 heterocycles. The molecular formula is C26H21N7. The standard InChI is InChI=1S/C26H21N7/c1-2-5-17(6-3-1)13-27-14-18-11-20(16-28-15-18)19-8-9-22-21(12-19)24(33-32-22)26-30-23-7-4-10-29-25(23)31-26/h1-12,15-16,27H,13-14H2,(H,32,33)(H,29,30,31). The SMILES string of the molecule is c1ccc(CNCc2cncc(-c3ccc4[nH]nc(-c5nc6ncccc6[nH]5)c4c3)c2)cc1. The van der Waals surface area contributed by atoms with Gasteiger partial charge in [0, 0.05) is 42.6 Å². The predicted octanol–water partition coefficient (Wildman–Crippen LogP) is 4.85. The Morgan fingerprint density at radius 3 is 2.61 bits per heavy atom. The monoisotopic (exact) mass is 431 g/mol. The molecule has 4 aromatic heterocycles. The van der Waals surface area contributed by atoms with E-state index in [4.69, 9.17) is 0 Å². The fourth-order valence-electron chi connectivity index (χ4n) is 4.02. The summed E-state index contributed by atoms with van der Waals surface area (Å²) in [5.74, 6) is 0.698. The number of H-pyrrole nitrogens is 2. The number of aromatic nitrogens is 6. The van der Waals surface area contributed by atoms with Crippen molar-refractivity contribution in [1.82, 2.24) is 35.5 Å². The largest absolute Gasteiger partial charge is 0.335 e. The molecule has 0 aliphatic carbocycles. The molecule has 6 aromatic rings. The number of benzene rings is 2. The molecule has 0 atom stereocenters. The highest BCUT2D eigenvalue weighted by Crippen LogP contribution is 2.30. The number of pyridine rings is 2. The van der Waals surface area contributed by atoms with Crippen LogP contribution in [0.15, 0.2) is 85.3 Å². The van der Waals surface area contributed by atoms with E-state index in [1.165, 1.54) is 5.56 Å². The third kappa shape index (κ3) is 3.86. The molecule has 160 valence electrons. The van der Waals surface area contributed by atoms with Gasteiger partial charge in [-0.3, -0.25) is 10.1 Å². The summed E-state index contributed by atoms with van der Waals surface area (Å²) < 4.78 is 0. The molecule has 0 unspecified atom stereocenters. The summed E-state index contributed by atoms with van der Waals surface area (Å²) in [6.07, 6.45) is 5.54. The van der Waals surface area contributed by atoms with Gasteiger partial charge in [0.05, 0.1) is 11.0 Å². The first-order chi connectivity index (χ1) is 16.3. The molecule has 2 aromatic carbocycles. The van der Waals surface area contributed by atoms with Gasteiger partial charge < -0.3 is 10.3 Å². The molecule has 0 saturated carbocycles. The van der Waals surface area contributed by atoms with Crippen molar-refractivity contribution in [2.24, 2.45) is 0 Å². The lowest BCUT2D eigenvalue weighted by atomic mass is 10.0. The summed E-state index contributed by atoms with van der Waals surface area (Å²) in [4.78, 5) is 16.7. The number of nitrogens with zero attached hydrogens (tertiary/aromatic N) is 4. The molecule has 0 radical (unpaired) electrons. The molecule has 0 spiro atoms. The molecule has 0 saturated heterocycles. The maximum Gasteiger partial charge on any atom is 0.178 e. The summed E-state index contributed by atoms with van der Waals surface area (Å²) in [7, 11) is 0. The smallest absolute Gasteiger partial charge is 0.178 e. The zero-order valence-corrected chi connectivity index (χ0v) is 17.8. The van der Waals surface area contributed by atoms with Crippen LogP contribution >= 0.6 is 0 Å². The van der Waals surface area contributed by atoms with Gasteiger partial charge in [-0.1, -0.05) is 36.4 Å². The Morgan fingerprint density at radius 2 is 1.70 bits per heavy atom. The average Bonchev–Trinajstić information content (AvgIpc) is 3.48. The maximum atomic E-state index is 4.61. The molecule has 33 heavy (non-hydrogen) atoms. The zero-order chi connectivity index (χ0) is 22.0. The van der Waals surface area contributed by atoms with E-state index in [1.54, 1.807) is 6.20 Å². The van der Waals surface area contributed by atoms with Crippen LogP contribution in [0.2, 0.25) is 0 Å². The Morgan fingerprint density at radius 1 is 0.788 bits per heavy atom. The van der Waals surface area contributed by atoms with Crippen LogP contribution in [0, 0.1) is 0 Å². The van der Waals surface area contributed by atoms with Gasteiger partial charge in [0.15, 0.2) is 11.5 Å². The summed E-state index contributed by atoms with van der Waals surface area (Å²) >= 11 is 0. The number of rotatable bonds is 6. The Hall–Kier alpha value is -4.36. The van der Waals surface area contributed by atoms with E-state index < -0.39 is 0 Å². The Labute approximate surface area is 190 Å². The highest BCUT2D eigenvalue weighted by molar-refractivity contribution is 5.95. The fourth-order valence-corrected chi connectivity index (χ4v) is 4.02. The molecule has 6 rings (SSSR count). The number of imidazole rings is 1. The molecule has 0 bridgehead atoms. The lowest BCUT2D eigenvalue weighted by molar-refractivity contribution is 0.691. The van der Waals surface area contributed by atoms with Gasteiger partial charge in [0.1, 0.15) is 5.69 Å². The van der Waals surface area contributed by atoms with Crippen molar-refractivity contribution in [3.05, 3.63) is 96.4 Å². The molecular weight excluding hydrogens is 410 g/mol. The lowest BCUT2D eigenvalue weighted by Gasteiger charge is -2.07. The fraction of sp³-hybridized carbons (Fsp3) is 0.0769. The number of nitrogens with one attached hydrogen (secondary N) is 3. The van der Waals surface area contributed by atoms with Crippen molar-refractivity contribution < 1.29 is 0 Å². The van der Waals surface area contributed by atoms with Crippen LogP contribution in [0.1, 0.15) is 11.1 Å². The minimum absolute atomic E-state index is 0.680. The summed E-state index contributed by atoms with van der Waals surface area (Å²) in [6, 6.07) is 22.7. The average molecular weight is 432 g/mol. The predicted molar refractivity (Wildman–Crippen MR) is 129 cm³/mol. The highest BCUT2D eigenvalue weighted by atomic mass is 15.1. The van der Waals surface area contributed by atoms with Crippen molar-refractivity contribution >= 4 is 22.1 Å². The normalized spacial score (nSPS) is 11.4. The van der Waals surface area contributed by atoms with E-state index in [0.717, 1.165) is 51.9 Å². The molecule has 0 aliphatic rings. The minimum Gasteiger partial charge on any atom is -0.335 e. The van der Waals surface area contributed by atoms with Crippen molar-refractivity contribution in [3.63, 3.8) is 0 Å². The van der Waals surface area contributed by atoms with Crippen molar-refractivity contribution in [3.8, 4) is 22.6 Å². The van der Waals surface area contributed by atoms with E-state index in [-0.39, 0.29) is 0 Å². The molecule has 7 nitrogen and oxygen atoms in total. The second-order valence-corrected chi connectivity index (χ2v) is 7.96. The van der Waals surface area contributed by atoms with Crippen LogP contribution in [-0.2, 0) is 13.1 Å². The third-order valence-electron chi connectivity index (χ3n) is 5.67. The van der Waals surface area contributed by atoms with E-state index in [1.807, 2.05) is 36.7 Å². The molecule has 7 heteroatoms. The number of fused-ring (bicyclic) bond motifs is 2. The van der Waals surface area contributed by atoms with Crippen LogP contribution in [0.5, 0.6) is 0 Å². The molecule has 0 fully saturated rings. The number of hydrogen-bond acceptors (Lipinski definition) is 5. The molecule has 0 aliphatic heterocycles. The number of aromatic amines is 2. The van der Waals surface area contributed by atoms with Gasteiger partial charge in [-0.25, -0.2) is 9.97 Å². The van der Waals surface area contributed by atoms with Gasteiger partial charge in [-0.05, 0) is 47.0 Å². The molecule has 3 N–H and O–H groups in total. The van der Waals surface area contributed by atoms with Crippen LogP contribution in [0.4, 0.5) is 0 Å². The van der Waals surface area contributed by atoms with Crippen molar-refractivity contribution in [2.75, 3.05) is 0 Å². The van der Waals surface area contributed by atoms with Crippen molar-refractivity contribution in [1.29, 1.82) is 0 Å². The Bertz CT molecular complexity index is 1520. The lowest BCUT2D eigenvalue weighted by Crippen LogP contribution is -2.12. The highest BCUT2D eigenvalue weighted by Gasteiger charge is 2.14.